The van der Waals surface area contributed by atoms with Crippen LogP contribution in [0.4, 0.5) is 0 Å². The van der Waals surface area contributed by atoms with Crippen LogP contribution in [-0.2, 0) is 0 Å². The predicted molar refractivity (Wildman–Crippen MR) is 56.9 cm³/mol. The lowest BCUT2D eigenvalue weighted by Crippen LogP contribution is -1.89. The zero-order valence-electron chi connectivity index (χ0n) is 7.10. The molecule has 4 heteroatoms. The van der Waals surface area contributed by atoms with E-state index in [1.54, 1.807) is 24.3 Å². The van der Waals surface area contributed by atoms with E-state index in [1.807, 2.05) is 6.26 Å². The maximum Gasteiger partial charge on any atom is 0.141 e. The molecule has 1 N–H and O–H groups in total. The Bertz CT molecular complexity index is 304. The quantitative estimate of drug-likeness (QED) is 0.616. The van der Waals surface area contributed by atoms with Gasteiger partial charge in [-0.05, 0) is 30.5 Å². The Labute approximate surface area is 86.0 Å². The summed E-state index contributed by atoms with van der Waals surface area (Å²) in [7, 11) is 0. The third-order valence-electron chi connectivity index (χ3n) is 1.40. The number of nitrogens with zero attached hydrogens (tertiary/aromatic N) is 1. The second kappa shape index (κ2) is 5.05. The van der Waals surface area contributed by atoms with Crippen molar-refractivity contribution in [3.8, 4) is 11.8 Å². The molecule has 0 saturated carbocycles. The van der Waals surface area contributed by atoms with Crippen molar-refractivity contribution in [2.45, 2.75) is 9.48 Å². The number of phenols is 1. The lowest BCUT2D eigenvalue weighted by atomic mass is 10.3. The van der Waals surface area contributed by atoms with E-state index in [4.69, 9.17) is 10.4 Å². The van der Waals surface area contributed by atoms with Crippen LogP contribution in [0.5, 0.6) is 5.75 Å². The first-order valence-electron chi connectivity index (χ1n) is 3.64. The van der Waals surface area contributed by atoms with E-state index in [9.17, 15) is 0 Å². The molecule has 0 aliphatic rings. The summed E-state index contributed by atoms with van der Waals surface area (Å²) in [5.41, 5.74) is 0. The van der Waals surface area contributed by atoms with E-state index >= 15 is 0 Å². The maximum atomic E-state index is 9.03. The molecule has 1 aromatic rings. The van der Waals surface area contributed by atoms with E-state index in [0.29, 0.717) is 0 Å². The van der Waals surface area contributed by atoms with Crippen LogP contribution >= 0.6 is 23.5 Å². The van der Waals surface area contributed by atoms with Gasteiger partial charge in [0.25, 0.3) is 0 Å². The van der Waals surface area contributed by atoms with Crippen LogP contribution in [0.2, 0.25) is 0 Å². The number of thioether (sulfide) groups is 2. The molecule has 13 heavy (non-hydrogen) atoms. The average Bonchev–Trinajstić information content (AvgIpc) is 2.17. The molecule has 1 atom stereocenters. The second-order valence-corrected chi connectivity index (χ2v) is 4.73. The first-order valence-corrected chi connectivity index (χ1v) is 5.81. The number of benzene rings is 1. The van der Waals surface area contributed by atoms with E-state index in [-0.39, 0.29) is 10.3 Å². The van der Waals surface area contributed by atoms with Crippen LogP contribution in [0.3, 0.4) is 0 Å². The molecule has 0 spiro atoms. The van der Waals surface area contributed by atoms with Crippen LogP contribution < -0.4 is 0 Å². The highest BCUT2D eigenvalue weighted by Crippen LogP contribution is 2.29. The van der Waals surface area contributed by atoms with Crippen molar-refractivity contribution < 1.29 is 5.11 Å². The molecule has 2 nitrogen and oxygen atoms in total. The number of rotatable bonds is 3. The Kier molecular flexibility index (Phi) is 4.00. The SMILES string of the molecule is CSC(C#N)Sc1ccc(O)cc1. The third-order valence-corrected chi connectivity index (χ3v) is 3.66. The highest BCUT2D eigenvalue weighted by molar-refractivity contribution is 8.17. The predicted octanol–water partition coefficient (Wildman–Crippen LogP) is 2.70. The van der Waals surface area contributed by atoms with Gasteiger partial charge in [0, 0.05) is 4.90 Å². The Morgan fingerprint density at radius 1 is 1.38 bits per heavy atom. The van der Waals surface area contributed by atoms with Gasteiger partial charge in [-0.1, -0.05) is 11.8 Å². The van der Waals surface area contributed by atoms with Gasteiger partial charge >= 0.3 is 0 Å². The molecule has 0 fully saturated rings. The fraction of sp³-hybridized carbons (Fsp3) is 0.222. The van der Waals surface area contributed by atoms with Crippen LogP contribution in [0.15, 0.2) is 29.2 Å². The largest absolute Gasteiger partial charge is 0.508 e. The molecular weight excluding hydrogens is 202 g/mol. The van der Waals surface area contributed by atoms with Gasteiger partial charge in [0.15, 0.2) is 0 Å². The van der Waals surface area contributed by atoms with Gasteiger partial charge in [-0.3, -0.25) is 0 Å². The molecular formula is C9H9NOS2. The van der Waals surface area contributed by atoms with Gasteiger partial charge < -0.3 is 5.11 Å². The molecule has 0 bridgehead atoms. The normalized spacial score (nSPS) is 12.0. The van der Waals surface area contributed by atoms with E-state index in [0.717, 1.165) is 4.90 Å². The lowest BCUT2D eigenvalue weighted by molar-refractivity contribution is 0.475. The van der Waals surface area contributed by atoms with Crippen LogP contribution in [0, 0.1) is 11.3 Å². The summed E-state index contributed by atoms with van der Waals surface area (Å²) < 4.78 is -0.0791. The summed E-state index contributed by atoms with van der Waals surface area (Å²) in [6.07, 6.45) is 1.90. The number of hydrogen-bond donors (Lipinski definition) is 1. The van der Waals surface area contributed by atoms with Crippen molar-refractivity contribution in [2.75, 3.05) is 6.26 Å². The first kappa shape index (κ1) is 10.3. The highest BCUT2D eigenvalue weighted by Gasteiger charge is 2.06. The summed E-state index contributed by atoms with van der Waals surface area (Å²) in [6, 6.07) is 9.03. The molecule has 0 aliphatic heterocycles. The van der Waals surface area contributed by atoms with Crippen molar-refractivity contribution in [3.63, 3.8) is 0 Å². The van der Waals surface area contributed by atoms with E-state index in [1.165, 1.54) is 23.5 Å². The van der Waals surface area contributed by atoms with E-state index < -0.39 is 0 Å². The van der Waals surface area contributed by atoms with Crippen molar-refractivity contribution in [2.24, 2.45) is 0 Å². The third kappa shape index (κ3) is 3.21. The van der Waals surface area contributed by atoms with Crippen LogP contribution in [0.1, 0.15) is 0 Å². The topological polar surface area (TPSA) is 44.0 Å². The molecule has 0 radical (unpaired) electrons. The average molecular weight is 211 g/mol. The van der Waals surface area contributed by atoms with Gasteiger partial charge in [0.05, 0.1) is 6.07 Å². The highest BCUT2D eigenvalue weighted by atomic mass is 32.2. The lowest BCUT2D eigenvalue weighted by Gasteiger charge is -2.04. The summed E-state index contributed by atoms with van der Waals surface area (Å²) >= 11 is 3.00. The van der Waals surface area contributed by atoms with E-state index in [2.05, 4.69) is 6.07 Å². The molecule has 68 valence electrons. The number of aromatic hydroxyl groups is 1. The standard InChI is InChI=1S/C9H9NOS2/c1-12-9(6-10)13-8-4-2-7(11)3-5-8/h2-5,9,11H,1H3. The monoisotopic (exact) mass is 211 g/mol. The van der Waals surface area contributed by atoms with Crippen molar-refractivity contribution in [1.29, 1.82) is 5.26 Å². The zero-order valence-corrected chi connectivity index (χ0v) is 8.73. The Morgan fingerprint density at radius 3 is 2.46 bits per heavy atom. The van der Waals surface area contributed by atoms with Crippen molar-refractivity contribution >= 4 is 23.5 Å². The fourth-order valence-electron chi connectivity index (χ4n) is 0.775. The van der Waals surface area contributed by atoms with Crippen LogP contribution in [0.25, 0.3) is 0 Å². The van der Waals surface area contributed by atoms with Gasteiger partial charge in [-0.2, -0.15) is 5.26 Å². The number of nitriles is 1. The molecule has 1 unspecified atom stereocenters. The van der Waals surface area contributed by atoms with Crippen molar-refractivity contribution in [3.05, 3.63) is 24.3 Å². The second-order valence-electron chi connectivity index (χ2n) is 2.31. The summed E-state index contributed by atoms with van der Waals surface area (Å²) in [5.74, 6) is 0.252. The molecule has 0 aliphatic carbocycles. The van der Waals surface area contributed by atoms with Gasteiger partial charge in [0.2, 0.25) is 0 Å². The molecule has 0 aromatic heterocycles. The van der Waals surface area contributed by atoms with Gasteiger partial charge in [-0.25, -0.2) is 0 Å². The molecule has 0 amide bonds. The minimum Gasteiger partial charge on any atom is -0.508 e. The molecule has 1 aromatic carbocycles. The van der Waals surface area contributed by atoms with Gasteiger partial charge in [-0.15, -0.1) is 11.8 Å². The number of hydrogen-bond acceptors (Lipinski definition) is 4. The number of phenolic OH excluding ortho intramolecular Hbond substituents is 1. The molecule has 0 heterocycles. The van der Waals surface area contributed by atoms with Crippen molar-refractivity contribution in [1.82, 2.24) is 0 Å². The smallest absolute Gasteiger partial charge is 0.141 e. The summed E-state index contributed by atoms with van der Waals surface area (Å²) in [5, 5.41) is 17.7. The minimum absolute atomic E-state index is 0.0791. The Hall–Kier alpha value is -0.790. The summed E-state index contributed by atoms with van der Waals surface area (Å²) in [4.78, 5) is 0.999. The fourth-order valence-corrected chi connectivity index (χ4v) is 2.19. The Morgan fingerprint density at radius 2 is 2.00 bits per heavy atom. The summed E-state index contributed by atoms with van der Waals surface area (Å²) in [6.45, 7) is 0. The molecule has 1 rings (SSSR count). The first-order chi connectivity index (χ1) is 6.26. The van der Waals surface area contributed by atoms with Gasteiger partial charge in [0.1, 0.15) is 10.3 Å². The molecule has 0 saturated heterocycles. The minimum atomic E-state index is -0.0791. The maximum absolute atomic E-state index is 9.03. The zero-order chi connectivity index (χ0) is 9.68. The van der Waals surface area contributed by atoms with Crippen LogP contribution in [-0.4, -0.2) is 15.9 Å². The Balaban J connectivity index is 2.64.